The lowest BCUT2D eigenvalue weighted by Crippen LogP contribution is -2.39. The van der Waals surface area contributed by atoms with Gasteiger partial charge in [0.25, 0.3) is 5.91 Å². The summed E-state index contributed by atoms with van der Waals surface area (Å²) in [6.45, 7) is 2.89. The van der Waals surface area contributed by atoms with Gasteiger partial charge >= 0.3 is 0 Å². The van der Waals surface area contributed by atoms with E-state index in [0.717, 1.165) is 5.56 Å². The molecule has 8 heteroatoms. The second-order valence-electron chi connectivity index (χ2n) is 6.71. The Bertz CT molecular complexity index is 903. The topological polar surface area (TPSA) is 52.7 Å². The highest BCUT2D eigenvalue weighted by Crippen LogP contribution is 2.22. The molecule has 1 atom stereocenters. The van der Waals surface area contributed by atoms with E-state index in [4.69, 9.17) is 35.4 Å². The van der Waals surface area contributed by atoms with Gasteiger partial charge in [0, 0.05) is 28.8 Å². The number of carbonyl (C=O) groups excluding carboxylic acids is 2. The summed E-state index contributed by atoms with van der Waals surface area (Å²) in [5, 5.41) is 4.54. The third-order valence-corrected chi connectivity index (χ3v) is 5.74. The summed E-state index contributed by atoms with van der Waals surface area (Å²) in [4.78, 5) is 28.8. The van der Waals surface area contributed by atoms with Crippen molar-refractivity contribution in [1.29, 1.82) is 0 Å². The predicted octanol–water partition coefficient (Wildman–Crippen LogP) is 4.38. The number of hydrogen-bond donors (Lipinski definition) is 1. The van der Waals surface area contributed by atoms with E-state index in [-0.39, 0.29) is 18.2 Å². The fourth-order valence-electron chi connectivity index (χ4n) is 3.26. The van der Waals surface area contributed by atoms with Gasteiger partial charge in [0.1, 0.15) is 6.04 Å². The molecule has 1 saturated heterocycles. The number of benzene rings is 2. The average Bonchev–Trinajstić information content (AvgIpc) is 2.92. The van der Waals surface area contributed by atoms with Crippen LogP contribution in [0.4, 0.5) is 5.69 Å². The molecule has 0 aromatic heterocycles. The molecule has 1 heterocycles. The molecule has 1 aliphatic heterocycles. The maximum atomic E-state index is 12.8. The molecule has 0 aliphatic carbocycles. The number of thiocarbonyl (C=S) groups is 1. The van der Waals surface area contributed by atoms with E-state index in [1.165, 1.54) is 0 Å². The summed E-state index contributed by atoms with van der Waals surface area (Å²) in [5.41, 5.74) is 1.72. The number of hydrogen-bond acceptors (Lipinski definition) is 3. The number of amides is 2. The van der Waals surface area contributed by atoms with Crippen LogP contribution in [0.25, 0.3) is 0 Å². The molecule has 1 N–H and O–H groups in total. The summed E-state index contributed by atoms with van der Waals surface area (Å²) >= 11 is 17.3. The zero-order valence-electron chi connectivity index (χ0n) is 15.9. The number of anilines is 1. The van der Waals surface area contributed by atoms with Gasteiger partial charge in [-0.25, -0.2) is 0 Å². The van der Waals surface area contributed by atoms with Crippen molar-refractivity contribution >= 4 is 58.0 Å². The number of halogens is 2. The third kappa shape index (κ3) is 5.26. The van der Waals surface area contributed by atoms with Gasteiger partial charge < -0.3 is 10.2 Å². The summed E-state index contributed by atoms with van der Waals surface area (Å²) in [7, 11) is 0. The van der Waals surface area contributed by atoms with E-state index in [2.05, 4.69) is 5.32 Å². The van der Waals surface area contributed by atoms with Gasteiger partial charge in [-0.05, 0) is 67.5 Å². The molecule has 0 spiro atoms. The molecule has 2 aromatic rings. The van der Waals surface area contributed by atoms with Gasteiger partial charge in [-0.15, -0.1) is 0 Å². The predicted molar refractivity (Wildman–Crippen MR) is 120 cm³/mol. The van der Waals surface area contributed by atoms with Crippen LogP contribution < -0.4 is 5.32 Å². The molecule has 29 heavy (non-hydrogen) atoms. The van der Waals surface area contributed by atoms with Crippen molar-refractivity contribution in [3.8, 4) is 0 Å². The molecule has 1 aliphatic rings. The van der Waals surface area contributed by atoms with Gasteiger partial charge in [0.05, 0.1) is 6.42 Å². The molecule has 0 bridgehead atoms. The lowest BCUT2D eigenvalue weighted by atomic mass is 10.1. The first-order chi connectivity index (χ1) is 13.9. The van der Waals surface area contributed by atoms with Crippen LogP contribution in [0.3, 0.4) is 0 Å². The van der Waals surface area contributed by atoms with Gasteiger partial charge in [-0.2, -0.15) is 0 Å². The lowest BCUT2D eigenvalue weighted by molar-refractivity contribution is -0.130. The molecule has 2 amide bonds. The molecular weight excluding hydrogens is 429 g/mol. The van der Waals surface area contributed by atoms with E-state index >= 15 is 0 Å². The molecule has 2 aromatic carbocycles. The van der Waals surface area contributed by atoms with Gasteiger partial charge in [0.15, 0.2) is 5.11 Å². The van der Waals surface area contributed by atoms with E-state index in [9.17, 15) is 9.59 Å². The Labute approximate surface area is 185 Å². The standard InChI is InChI=1S/C21H21Cl2N3O2S/c1-2-25-20(28)18(13-19(27)24-17-9-7-16(23)8-10-17)26(21(25)29)12-11-14-3-5-15(22)6-4-14/h3-10,18H,2,11-13H2,1H3,(H,24,27). The Hall–Kier alpha value is -2.15. The summed E-state index contributed by atoms with van der Waals surface area (Å²) in [5.74, 6) is -0.386. The first-order valence-corrected chi connectivity index (χ1v) is 10.5. The van der Waals surface area contributed by atoms with Gasteiger partial charge in [0.2, 0.25) is 5.91 Å². The molecule has 152 valence electrons. The van der Waals surface area contributed by atoms with Crippen LogP contribution in [0.5, 0.6) is 0 Å². The van der Waals surface area contributed by atoms with Crippen LogP contribution in [0.1, 0.15) is 18.9 Å². The summed E-state index contributed by atoms with van der Waals surface area (Å²) in [6, 6.07) is 13.8. The minimum absolute atomic E-state index is 0.0265. The summed E-state index contributed by atoms with van der Waals surface area (Å²) < 4.78 is 0. The lowest BCUT2D eigenvalue weighted by Gasteiger charge is -2.23. The highest BCUT2D eigenvalue weighted by atomic mass is 35.5. The first kappa shape index (κ1) is 21.6. The summed E-state index contributed by atoms with van der Waals surface area (Å²) in [6.07, 6.45) is 0.718. The van der Waals surface area contributed by atoms with E-state index in [1.54, 1.807) is 29.2 Å². The van der Waals surface area contributed by atoms with Crippen molar-refractivity contribution in [2.24, 2.45) is 0 Å². The van der Waals surface area contributed by atoms with Crippen LogP contribution in [-0.4, -0.2) is 45.9 Å². The molecule has 0 radical (unpaired) electrons. The molecule has 3 rings (SSSR count). The largest absolute Gasteiger partial charge is 0.336 e. The fourth-order valence-corrected chi connectivity index (χ4v) is 3.95. The number of nitrogens with one attached hydrogen (secondary N) is 1. The number of rotatable bonds is 7. The second kappa shape index (κ2) is 9.57. The Morgan fingerprint density at radius 3 is 2.24 bits per heavy atom. The van der Waals surface area contributed by atoms with E-state index in [0.29, 0.717) is 40.4 Å². The Kier molecular flexibility index (Phi) is 7.11. The monoisotopic (exact) mass is 449 g/mol. The molecule has 1 fully saturated rings. The van der Waals surface area contributed by atoms with E-state index in [1.807, 2.05) is 36.1 Å². The smallest absolute Gasteiger partial charge is 0.252 e. The first-order valence-electron chi connectivity index (χ1n) is 9.31. The van der Waals surface area contributed by atoms with Crippen LogP contribution in [0.15, 0.2) is 48.5 Å². The Balaban J connectivity index is 1.69. The average molecular weight is 450 g/mol. The van der Waals surface area contributed by atoms with Crippen LogP contribution in [-0.2, 0) is 16.0 Å². The Morgan fingerprint density at radius 2 is 1.66 bits per heavy atom. The molecule has 0 saturated carbocycles. The van der Waals surface area contributed by atoms with Crippen molar-refractivity contribution in [2.45, 2.75) is 25.8 Å². The minimum Gasteiger partial charge on any atom is -0.336 e. The van der Waals surface area contributed by atoms with Crippen molar-refractivity contribution in [2.75, 3.05) is 18.4 Å². The fraction of sp³-hybridized carbons (Fsp3) is 0.286. The Morgan fingerprint density at radius 1 is 1.07 bits per heavy atom. The SMILES string of the molecule is CCN1C(=O)C(CC(=O)Nc2ccc(Cl)cc2)N(CCc2ccc(Cl)cc2)C1=S. The van der Waals surface area contributed by atoms with Gasteiger partial charge in [-0.1, -0.05) is 35.3 Å². The highest BCUT2D eigenvalue weighted by molar-refractivity contribution is 7.80. The van der Waals surface area contributed by atoms with Crippen LogP contribution in [0.2, 0.25) is 10.0 Å². The number of likely N-dealkylation sites (N-methyl/N-ethyl adjacent to an activating group) is 1. The zero-order chi connectivity index (χ0) is 21.0. The van der Waals surface area contributed by atoms with Crippen molar-refractivity contribution in [3.63, 3.8) is 0 Å². The minimum atomic E-state index is -0.609. The number of nitrogens with zero attached hydrogens (tertiary/aromatic N) is 2. The molecule has 5 nitrogen and oxygen atoms in total. The third-order valence-electron chi connectivity index (χ3n) is 4.78. The molecular formula is C21H21Cl2N3O2S. The van der Waals surface area contributed by atoms with Crippen LogP contribution >= 0.6 is 35.4 Å². The van der Waals surface area contributed by atoms with Crippen LogP contribution in [0, 0.1) is 0 Å². The van der Waals surface area contributed by atoms with Crippen molar-refractivity contribution < 1.29 is 9.59 Å². The maximum absolute atomic E-state index is 12.8. The molecule has 1 unspecified atom stereocenters. The second-order valence-corrected chi connectivity index (χ2v) is 7.95. The normalized spacial score (nSPS) is 16.4. The quantitative estimate of drug-likeness (QED) is 0.637. The van der Waals surface area contributed by atoms with Crippen molar-refractivity contribution in [1.82, 2.24) is 9.80 Å². The van der Waals surface area contributed by atoms with E-state index < -0.39 is 6.04 Å². The maximum Gasteiger partial charge on any atom is 0.252 e. The highest BCUT2D eigenvalue weighted by Gasteiger charge is 2.42. The number of carbonyl (C=O) groups is 2. The van der Waals surface area contributed by atoms with Gasteiger partial charge in [-0.3, -0.25) is 14.5 Å². The zero-order valence-corrected chi connectivity index (χ0v) is 18.2. The van der Waals surface area contributed by atoms with Crippen molar-refractivity contribution in [3.05, 3.63) is 64.1 Å².